The van der Waals surface area contributed by atoms with E-state index in [9.17, 15) is 9.59 Å². The number of carboxylic acids is 1. The lowest BCUT2D eigenvalue weighted by atomic mass is 9.98. The van der Waals surface area contributed by atoms with Crippen LogP contribution in [0.3, 0.4) is 0 Å². The van der Waals surface area contributed by atoms with Crippen molar-refractivity contribution in [3.8, 4) is 12.3 Å². The molecule has 0 unspecified atom stereocenters. The minimum Gasteiger partial charge on any atom is -0.481 e. The van der Waals surface area contributed by atoms with E-state index in [-0.39, 0.29) is 6.42 Å². The van der Waals surface area contributed by atoms with Crippen molar-refractivity contribution >= 4 is 12.0 Å². The molecule has 0 aliphatic rings. The van der Waals surface area contributed by atoms with Gasteiger partial charge in [-0.1, -0.05) is 5.92 Å². The molecule has 0 aromatic carbocycles. The van der Waals surface area contributed by atoms with Gasteiger partial charge in [0, 0.05) is 12.0 Å². The maximum absolute atomic E-state index is 11.6. The predicted molar refractivity (Wildman–Crippen MR) is 65.5 cm³/mol. The monoisotopic (exact) mass is 240 g/mol. The summed E-state index contributed by atoms with van der Waals surface area (Å²) in [6, 6.07) is -0.400. The van der Waals surface area contributed by atoms with Crippen LogP contribution in [0.15, 0.2) is 0 Å². The summed E-state index contributed by atoms with van der Waals surface area (Å²) in [4.78, 5) is 22.1. The number of nitrogens with one attached hydrogen (secondary N) is 2. The van der Waals surface area contributed by atoms with Crippen molar-refractivity contribution in [2.75, 3.05) is 0 Å². The molecule has 0 saturated carbocycles. The molecule has 0 aromatic heterocycles. The Bertz CT molecular complexity index is 340. The first-order chi connectivity index (χ1) is 7.58. The average molecular weight is 240 g/mol. The van der Waals surface area contributed by atoms with E-state index in [4.69, 9.17) is 11.5 Å². The van der Waals surface area contributed by atoms with Crippen molar-refractivity contribution < 1.29 is 14.7 Å². The molecular formula is C12H20N2O3. The Hall–Kier alpha value is -1.70. The minimum atomic E-state index is -0.885. The number of carboxylic acid groups (broad SMARTS) is 1. The van der Waals surface area contributed by atoms with Gasteiger partial charge in [-0.3, -0.25) is 4.79 Å². The second-order valence-corrected chi connectivity index (χ2v) is 5.13. The molecule has 0 aromatic rings. The summed E-state index contributed by atoms with van der Waals surface area (Å²) < 4.78 is 0. The summed E-state index contributed by atoms with van der Waals surface area (Å²) in [6.45, 7) is 6.93. The van der Waals surface area contributed by atoms with Crippen LogP contribution in [-0.4, -0.2) is 28.2 Å². The van der Waals surface area contributed by atoms with Gasteiger partial charge < -0.3 is 15.7 Å². The van der Waals surface area contributed by atoms with E-state index in [2.05, 4.69) is 16.6 Å². The van der Waals surface area contributed by atoms with Gasteiger partial charge >= 0.3 is 12.0 Å². The topological polar surface area (TPSA) is 78.4 Å². The highest BCUT2D eigenvalue weighted by molar-refractivity contribution is 5.76. The first-order valence-corrected chi connectivity index (χ1v) is 5.38. The fraction of sp³-hybridized carbons (Fsp3) is 0.667. The molecule has 0 bridgehead atoms. The zero-order chi connectivity index (χ0) is 13.7. The van der Waals surface area contributed by atoms with E-state index in [1.165, 1.54) is 0 Å². The van der Waals surface area contributed by atoms with E-state index in [0.29, 0.717) is 6.42 Å². The number of rotatable bonds is 5. The van der Waals surface area contributed by atoms with Crippen LogP contribution in [0.1, 0.15) is 40.5 Å². The molecule has 2 amide bonds. The van der Waals surface area contributed by atoms with Crippen LogP contribution < -0.4 is 10.6 Å². The number of urea groups is 1. The number of carbonyl (C=O) groups excluding carboxylic acids is 1. The lowest BCUT2D eigenvalue weighted by Gasteiger charge is -2.28. The highest BCUT2D eigenvalue weighted by Gasteiger charge is 2.24. The number of terminal acetylenes is 1. The highest BCUT2D eigenvalue weighted by Crippen LogP contribution is 2.11. The standard InChI is InChI=1S/C12H20N2O3/c1-6-11(2,3)13-10(17)14-12(4,5)8-7-9(15)16/h1H,7-8H2,2-5H3,(H,15,16)(H2,13,14,17). The van der Waals surface area contributed by atoms with Crippen LogP contribution in [0.25, 0.3) is 0 Å². The summed E-state index contributed by atoms with van der Waals surface area (Å²) in [6.07, 6.45) is 5.61. The van der Waals surface area contributed by atoms with Gasteiger partial charge in [0.1, 0.15) is 0 Å². The summed E-state index contributed by atoms with van der Waals surface area (Å²) in [7, 11) is 0. The Kier molecular flexibility index (Phi) is 5.02. The number of hydrogen-bond donors (Lipinski definition) is 3. The normalized spacial score (nSPS) is 11.5. The minimum absolute atomic E-state index is 0.00577. The molecule has 0 fully saturated rings. The lowest BCUT2D eigenvalue weighted by molar-refractivity contribution is -0.137. The van der Waals surface area contributed by atoms with Gasteiger partial charge in [-0.2, -0.15) is 0 Å². The summed E-state index contributed by atoms with van der Waals surface area (Å²) in [5.41, 5.74) is -1.32. The largest absolute Gasteiger partial charge is 0.481 e. The van der Waals surface area contributed by atoms with E-state index >= 15 is 0 Å². The molecule has 0 rings (SSSR count). The van der Waals surface area contributed by atoms with Gasteiger partial charge in [0.25, 0.3) is 0 Å². The first-order valence-electron chi connectivity index (χ1n) is 5.38. The highest BCUT2D eigenvalue weighted by atomic mass is 16.4. The van der Waals surface area contributed by atoms with E-state index in [1.807, 2.05) is 0 Å². The van der Waals surface area contributed by atoms with Crippen LogP contribution in [0.5, 0.6) is 0 Å². The molecule has 0 saturated heterocycles. The van der Waals surface area contributed by atoms with Crippen molar-refractivity contribution in [1.82, 2.24) is 10.6 Å². The van der Waals surface area contributed by atoms with Crippen LogP contribution in [-0.2, 0) is 4.79 Å². The SMILES string of the molecule is C#CC(C)(C)NC(=O)NC(C)(C)CCC(=O)O. The molecule has 0 heterocycles. The predicted octanol–water partition coefficient (Wildman–Crippen LogP) is 1.34. The zero-order valence-corrected chi connectivity index (χ0v) is 10.8. The molecule has 3 N–H and O–H groups in total. The Balaban J connectivity index is 4.28. The molecule has 0 radical (unpaired) electrons. The van der Waals surface area contributed by atoms with Crippen LogP contribution in [0.4, 0.5) is 4.79 Å². The fourth-order valence-corrected chi connectivity index (χ4v) is 1.14. The third-order valence-electron chi connectivity index (χ3n) is 2.20. The Morgan fingerprint density at radius 2 is 1.76 bits per heavy atom. The second kappa shape index (κ2) is 5.58. The molecule has 0 aliphatic carbocycles. The van der Waals surface area contributed by atoms with Gasteiger partial charge in [-0.05, 0) is 34.1 Å². The zero-order valence-electron chi connectivity index (χ0n) is 10.8. The summed E-state index contributed by atoms with van der Waals surface area (Å²) >= 11 is 0. The second-order valence-electron chi connectivity index (χ2n) is 5.13. The van der Waals surface area contributed by atoms with Crippen molar-refractivity contribution in [2.24, 2.45) is 0 Å². The van der Waals surface area contributed by atoms with Gasteiger partial charge in [-0.25, -0.2) is 4.79 Å². The average Bonchev–Trinajstić information content (AvgIpc) is 2.13. The van der Waals surface area contributed by atoms with Crippen molar-refractivity contribution in [2.45, 2.75) is 51.6 Å². The number of hydrogen-bond acceptors (Lipinski definition) is 2. The smallest absolute Gasteiger partial charge is 0.316 e. The first kappa shape index (κ1) is 15.3. The third-order valence-corrected chi connectivity index (χ3v) is 2.20. The molecule has 5 heteroatoms. The maximum Gasteiger partial charge on any atom is 0.316 e. The molecule has 5 nitrogen and oxygen atoms in total. The maximum atomic E-state index is 11.6. The third kappa shape index (κ3) is 7.23. The lowest BCUT2D eigenvalue weighted by Crippen LogP contribution is -2.53. The molecular weight excluding hydrogens is 220 g/mol. The number of amides is 2. The van der Waals surface area contributed by atoms with Gasteiger partial charge in [0.15, 0.2) is 0 Å². The van der Waals surface area contributed by atoms with Crippen molar-refractivity contribution in [1.29, 1.82) is 0 Å². The molecule has 96 valence electrons. The number of carbonyl (C=O) groups is 2. The summed E-state index contributed by atoms with van der Waals surface area (Å²) in [5, 5.41) is 13.9. The summed E-state index contributed by atoms with van der Waals surface area (Å²) in [5.74, 6) is 1.56. The Morgan fingerprint density at radius 1 is 1.24 bits per heavy atom. The number of aliphatic carboxylic acids is 1. The molecule has 0 atom stereocenters. The van der Waals surface area contributed by atoms with E-state index in [1.54, 1.807) is 27.7 Å². The molecule has 17 heavy (non-hydrogen) atoms. The molecule has 0 spiro atoms. The quantitative estimate of drug-likeness (QED) is 0.634. The Morgan fingerprint density at radius 3 is 2.18 bits per heavy atom. The van der Waals surface area contributed by atoms with Gasteiger partial charge in [0.2, 0.25) is 0 Å². The Labute approximate surface area is 102 Å². The van der Waals surface area contributed by atoms with Crippen LogP contribution in [0.2, 0.25) is 0 Å². The van der Waals surface area contributed by atoms with Crippen LogP contribution >= 0.6 is 0 Å². The van der Waals surface area contributed by atoms with Crippen molar-refractivity contribution in [3.05, 3.63) is 0 Å². The molecule has 0 aliphatic heterocycles. The fourth-order valence-electron chi connectivity index (χ4n) is 1.14. The van der Waals surface area contributed by atoms with Gasteiger partial charge in [0.05, 0.1) is 5.54 Å². The van der Waals surface area contributed by atoms with Gasteiger partial charge in [-0.15, -0.1) is 6.42 Å². The van der Waals surface area contributed by atoms with Crippen molar-refractivity contribution in [3.63, 3.8) is 0 Å². The van der Waals surface area contributed by atoms with Crippen LogP contribution in [0, 0.1) is 12.3 Å². The van der Waals surface area contributed by atoms with E-state index < -0.39 is 23.1 Å². The van der Waals surface area contributed by atoms with E-state index in [0.717, 1.165) is 0 Å².